The number of amides is 1. The first-order valence-electron chi connectivity index (χ1n) is 7.51. The molecule has 22 heavy (non-hydrogen) atoms. The third-order valence-corrected chi connectivity index (χ3v) is 5.83. The van der Waals surface area contributed by atoms with Gasteiger partial charge in [-0.2, -0.15) is 0 Å². The third kappa shape index (κ3) is 2.91. The van der Waals surface area contributed by atoms with Crippen LogP contribution in [-0.2, 0) is 4.79 Å². The minimum atomic E-state index is -0.909. The molecule has 1 atom stereocenters. The molecule has 1 aliphatic carbocycles. The van der Waals surface area contributed by atoms with Gasteiger partial charge in [-0.05, 0) is 50.5 Å². The topological polar surface area (TPSA) is 32.3 Å². The lowest BCUT2D eigenvalue weighted by Crippen LogP contribution is -2.45. The van der Waals surface area contributed by atoms with Gasteiger partial charge in [0, 0.05) is 24.8 Å². The molecule has 0 aromatic heterocycles. The average Bonchev–Trinajstić information content (AvgIpc) is 3.01. The van der Waals surface area contributed by atoms with E-state index >= 15 is 0 Å². The number of halogens is 3. The van der Waals surface area contributed by atoms with Gasteiger partial charge < -0.3 is 10.2 Å². The molecule has 3 nitrogen and oxygen atoms in total. The van der Waals surface area contributed by atoms with Gasteiger partial charge in [0.25, 0.3) is 0 Å². The maximum Gasteiger partial charge on any atom is 0.231 e. The molecule has 6 heteroatoms. The second kappa shape index (κ2) is 5.57. The molecule has 2 fully saturated rings. The number of carbonyl (C=O) groups excluding carboxylic acids is 1. The van der Waals surface area contributed by atoms with Gasteiger partial charge in [0.05, 0.1) is 5.41 Å². The van der Waals surface area contributed by atoms with Crippen molar-refractivity contribution in [2.75, 3.05) is 18.4 Å². The van der Waals surface area contributed by atoms with Crippen molar-refractivity contribution in [1.29, 1.82) is 0 Å². The Labute approximate surface area is 139 Å². The summed E-state index contributed by atoms with van der Waals surface area (Å²) in [6.45, 7) is 3.21. The number of hydrogen-bond donors (Lipinski definition) is 1. The van der Waals surface area contributed by atoms with E-state index < -0.39 is 9.75 Å². The molecular weight excluding hydrogens is 326 g/mol. The Bertz CT molecular complexity index is 570. The average molecular weight is 345 g/mol. The molecule has 1 aliphatic heterocycles. The predicted octanol–water partition coefficient (Wildman–Crippen LogP) is 3.81. The number of benzene rings is 1. The molecule has 0 unspecified atom stereocenters. The van der Waals surface area contributed by atoms with E-state index in [4.69, 9.17) is 23.2 Å². The van der Waals surface area contributed by atoms with Gasteiger partial charge in [0.2, 0.25) is 5.91 Å². The number of piperidine rings is 1. The zero-order chi connectivity index (χ0) is 16.0. The summed E-state index contributed by atoms with van der Waals surface area (Å²) >= 11 is 12.2. The minimum absolute atomic E-state index is 0.0535. The highest BCUT2D eigenvalue weighted by molar-refractivity contribution is 6.53. The monoisotopic (exact) mass is 344 g/mol. The quantitative estimate of drug-likeness (QED) is 0.845. The minimum Gasteiger partial charge on any atom is -0.382 e. The molecule has 1 aromatic rings. The molecular formula is C16H19Cl2FN2O. The van der Waals surface area contributed by atoms with Crippen LogP contribution < -0.4 is 5.32 Å². The maximum atomic E-state index is 12.9. The van der Waals surface area contributed by atoms with Gasteiger partial charge in [-0.3, -0.25) is 4.79 Å². The van der Waals surface area contributed by atoms with Crippen LogP contribution in [0.3, 0.4) is 0 Å². The number of rotatable bonds is 3. The van der Waals surface area contributed by atoms with Crippen molar-refractivity contribution in [2.24, 2.45) is 5.41 Å². The fraction of sp³-hybridized carbons (Fsp3) is 0.562. The SMILES string of the molecule is C[C@@]1(C(=O)N2CCC(Nc3ccc(F)cc3)CC2)CC1(Cl)Cl. The summed E-state index contributed by atoms with van der Waals surface area (Å²) in [5, 5.41) is 3.38. The number of nitrogens with zero attached hydrogens (tertiary/aromatic N) is 1. The fourth-order valence-corrected chi connectivity index (χ4v) is 3.69. The fourth-order valence-electron chi connectivity index (χ4n) is 2.99. The summed E-state index contributed by atoms with van der Waals surface area (Å²) in [6.07, 6.45) is 2.24. The van der Waals surface area contributed by atoms with E-state index in [1.807, 2.05) is 11.8 Å². The second-order valence-corrected chi connectivity index (χ2v) is 7.91. The summed E-state index contributed by atoms with van der Waals surface area (Å²) in [5.41, 5.74) is 0.272. The van der Waals surface area contributed by atoms with Gasteiger partial charge >= 0.3 is 0 Å². The predicted molar refractivity (Wildman–Crippen MR) is 86.8 cm³/mol. The van der Waals surface area contributed by atoms with Crippen LogP contribution in [-0.4, -0.2) is 34.3 Å². The molecule has 1 saturated carbocycles. The van der Waals surface area contributed by atoms with E-state index in [9.17, 15) is 9.18 Å². The van der Waals surface area contributed by atoms with Crippen LogP contribution in [0.4, 0.5) is 10.1 Å². The largest absolute Gasteiger partial charge is 0.382 e. The van der Waals surface area contributed by atoms with Crippen LogP contribution in [0.15, 0.2) is 24.3 Å². The van der Waals surface area contributed by atoms with Crippen LogP contribution in [0.5, 0.6) is 0 Å². The number of nitrogens with one attached hydrogen (secondary N) is 1. The van der Waals surface area contributed by atoms with E-state index in [-0.39, 0.29) is 11.7 Å². The lowest BCUT2D eigenvalue weighted by molar-refractivity contribution is -0.137. The summed E-state index contributed by atoms with van der Waals surface area (Å²) in [7, 11) is 0. The first-order chi connectivity index (χ1) is 10.3. The molecule has 0 spiro atoms. The highest BCUT2D eigenvalue weighted by atomic mass is 35.5. The Morgan fingerprint density at radius 3 is 2.32 bits per heavy atom. The first-order valence-corrected chi connectivity index (χ1v) is 8.27. The Hall–Kier alpha value is -1.00. The van der Waals surface area contributed by atoms with Gasteiger partial charge in [0.15, 0.2) is 0 Å². The smallest absolute Gasteiger partial charge is 0.231 e. The number of hydrogen-bond acceptors (Lipinski definition) is 2. The van der Waals surface area contributed by atoms with Crippen molar-refractivity contribution in [1.82, 2.24) is 4.90 Å². The van der Waals surface area contributed by atoms with Crippen LogP contribution in [0, 0.1) is 11.2 Å². The van der Waals surface area contributed by atoms with Crippen LogP contribution in [0.1, 0.15) is 26.2 Å². The summed E-state index contributed by atoms with van der Waals surface area (Å²) in [4.78, 5) is 14.4. The number of alkyl halides is 2. The number of likely N-dealkylation sites (tertiary alicyclic amines) is 1. The van der Waals surface area contributed by atoms with E-state index in [1.54, 1.807) is 12.1 Å². The first kappa shape index (κ1) is 15.9. The van der Waals surface area contributed by atoms with Gasteiger partial charge in [-0.25, -0.2) is 4.39 Å². The molecule has 1 amide bonds. The maximum absolute atomic E-state index is 12.9. The Morgan fingerprint density at radius 2 is 1.82 bits per heavy atom. The van der Waals surface area contributed by atoms with Crippen molar-refractivity contribution >= 4 is 34.8 Å². The van der Waals surface area contributed by atoms with Gasteiger partial charge in [-0.15, -0.1) is 23.2 Å². The molecule has 0 radical (unpaired) electrons. The molecule has 120 valence electrons. The van der Waals surface area contributed by atoms with E-state index in [0.717, 1.165) is 18.5 Å². The Balaban J connectivity index is 1.52. The van der Waals surface area contributed by atoms with Gasteiger partial charge in [0.1, 0.15) is 10.2 Å². The molecule has 2 aliphatic rings. The van der Waals surface area contributed by atoms with Crippen LogP contribution >= 0.6 is 23.2 Å². The standard InChI is InChI=1S/C16H19Cl2FN2O/c1-15(10-16(15,17)18)14(22)21-8-6-13(7-9-21)20-12-4-2-11(19)3-5-12/h2-5,13,20H,6-10H2,1H3/t15-/m0/s1. The molecule has 1 N–H and O–H groups in total. The van der Waals surface area contributed by atoms with Crippen LogP contribution in [0.2, 0.25) is 0 Å². The van der Waals surface area contributed by atoms with E-state index in [0.29, 0.717) is 25.6 Å². The number of anilines is 1. The summed E-state index contributed by atoms with van der Waals surface area (Å²) < 4.78 is 12.0. The lowest BCUT2D eigenvalue weighted by atomic mass is 10.0. The Kier molecular flexibility index (Phi) is 4.02. The number of carbonyl (C=O) groups is 1. The zero-order valence-corrected chi connectivity index (χ0v) is 13.9. The summed E-state index contributed by atoms with van der Waals surface area (Å²) in [5.74, 6) is -0.188. The molecule has 3 rings (SSSR count). The normalized spacial score (nSPS) is 27.5. The van der Waals surface area contributed by atoms with E-state index in [2.05, 4.69) is 5.32 Å². The highest BCUT2D eigenvalue weighted by Crippen LogP contribution is 2.64. The molecule has 1 aromatic carbocycles. The van der Waals surface area contributed by atoms with Crippen LogP contribution in [0.25, 0.3) is 0 Å². The summed E-state index contributed by atoms with van der Waals surface area (Å²) in [6, 6.07) is 6.63. The van der Waals surface area contributed by atoms with Crippen molar-refractivity contribution in [3.05, 3.63) is 30.1 Å². The highest BCUT2D eigenvalue weighted by Gasteiger charge is 2.68. The lowest BCUT2D eigenvalue weighted by Gasteiger charge is -2.34. The molecule has 1 saturated heterocycles. The Morgan fingerprint density at radius 1 is 1.27 bits per heavy atom. The van der Waals surface area contributed by atoms with Crippen molar-refractivity contribution in [3.8, 4) is 0 Å². The molecule has 0 bridgehead atoms. The molecule has 1 heterocycles. The second-order valence-electron chi connectivity index (χ2n) is 6.43. The third-order valence-electron chi connectivity index (χ3n) is 4.73. The van der Waals surface area contributed by atoms with Crippen molar-refractivity contribution < 1.29 is 9.18 Å². The zero-order valence-electron chi connectivity index (χ0n) is 12.4. The van der Waals surface area contributed by atoms with E-state index in [1.165, 1.54) is 12.1 Å². The van der Waals surface area contributed by atoms with Crippen molar-refractivity contribution in [2.45, 2.75) is 36.6 Å². The van der Waals surface area contributed by atoms with Crippen molar-refractivity contribution in [3.63, 3.8) is 0 Å². The van der Waals surface area contributed by atoms with Gasteiger partial charge in [-0.1, -0.05) is 0 Å².